The number of hydrogen-bond acceptors (Lipinski definition) is 5. The Balaban J connectivity index is 0.00000105. The molecule has 8 nitrogen and oxygen atoms in total. The Morgan fingerprint density at radius 3 is 2.46 bits per heavy atom. The van der Waals surface area contributed by atoms with Gasteiger partial charge in [0.15, 0.2) is 0 Å². The smallest absolute Gasteiger partial charge is 0.290 e. The van der Waals surface area contributed by atoms with Crippen LogP contribution in [0, 0.1) is 19.7 Å². The van der Waals surface area contributed by atoms with Crippen LogP contribution in [0.15, 0.2) is 30.6 Å². The summed E-state index contributed by atoms with van der Waals surface area (Å²) < 4.78 is 46.2. The number of nitrogens with zero attached hydrogens (tertiary/aromatic N) is 2. The van der Waals surface area contributed by atoms with Gasteiger partial charge in [0.25, 0.3) is 6.47 Å². The third-order valence-corrected chi connectivity index (χ3v) is 4.80. The van der Waals surface area contributed by atoms with Crippen LogP contribution in [0.1, 0.15) is 11.4 Å². The van der Waals surface area contributed by atoms with Gasteiger partial charge >= 0.3 is 0 Å². The van der Waals surface area contributed by atoms with Gasteiger partial charge in [-0.15, -0.1) is 0 Å². The fraction of sp³-hybridized carbons (Fsp3) is 0.375. The number of aromatic nitrogens is 2. The molecule has 2 rings (SSSR count). The summed E-state index contributed by atoms with van der Waals surface area (Å²) in [7, 11) is -3.42. The van der Waals surface area contributed by atoms with E-state index in [-0.39, 0.29) is 31.2 Å². The molecule has 0 spiro atoms. The molecule has 2 N–H and O–H groups in total. The molecule has 1 aromatic heterocycles. The predicted octanol–water partition coefficient (Wildman–Crippen LogP) is 1.34. The second kappa shape index (κ2) is 10.5. The van der Waals surface area contributed by atoms with Crippen molar-refractivity contribution >= 4 is 16.5 Å². The molecular formula is C16H22FN3O5S. The zero-order valence-electron chi connectivity index (χ0n) is 14.6. The number of nitrogens with one attached hydrogen (secondary N) is 1. The number of carbonyl (C=O) groups is 1. The number of sulfonamides is 1. The molecular weight excluding hydrogens is 365 g/mol. The van der Waals surface area contributed by atoms with Crippen molar-refractivity contribution in [1.82, 2.24) is 14.3 Å². The van der Waals surface area contributed by atoms with Crippen LogP contribution >= 0.6 is 0 Å². The number of rotatable bonds is 8. The average molecular weight is 387 g/mol. The van der Waals surface area contributed by atoms with Crippen molar-refractivity contribution in [2.45, 2.75) is 20.4 Å². The minimum atomic E-state index is -3.42. The number of hydrogen-bond donors (Lipinski definition) is 2. The maximum absolute atomic E-state index is 12.7. The fourth-order valence-electron chi connectivity index (χ4n) is 1.96. The van der Waals surface area contributed by atoms with E-state index in [9.17, 15) is 12.8 Å². The molecule has 10 heteroatoms. The second-order valence-corrected chi connectivity index (χ2v) is 7.16. The van der Waals surface area contributed by atoms with Crippen LogP contribution in [0.3, 0.4) is 0 Å². The van der Waals surface area contributed by atoms with Gasteiger partial charge in [0.1, 0.15) is 18.2 Å². The Bertz CT molecular complexity index is 791. The number of halogens is 1. The van der Waals surface area contributed by atoms with Crippen molar-refractivity contribution in [3.05, 3.63) is 47.8 Å². The number of carboxylic acid groups (broad SMARTS) is 1. The Morgan fingerprint density at radius 1 is 1.31 bits per heavy atom. The minimum absolute atomic E-state index is 0.00414. The molecule has 0 bridgehead atoms. The van der Waals surface area contributed by atoms with Crippen LogP contribution in [-0.4, -0.2) is 48.5 Å². The third kappa shape index (κ3) is 7.62. The number of benzene rings is 1. The van der Waals surface area contributed by atoms with E-state index in [1.165, 1.54) is 24.3 Å². The highest BCUT2D eigenvalue weighted by Gasteiger charge is 2.10. The van der Waals surface area contributed by atoms with Crippen LogP contribution in [0.25, 0.3) is 0 Å². The highest BCUT2D eigenvalue weighted by atomic mass is 32.2. The average Bonchev–Trinajstić information content (AvgIpc) is 2.89. The number of ether oxygens (including phenoxy) is 1. The lowest BCUT2D eigenvalue weighted by molar-refractivity contribution is -0.122. The van der Waals surface area contributed by atoms with Gasteiger partial charge in [0, 0.05) is 18.8 Å². The third-order valence-electron chi connectivity index (χ3n) is 3.45. The van der Waals surface area contributed by atoms with Crippen LogP contribution in [0.4, 0.5) is 4.39 Å². The van der Waals surface area contributed by atoms with Crippen LogP contribution in [0.2, 0.25) is 0 Å². The Labute approximate surface area is 151 Å². The van der Waals surface area contributed by atoms with E-state index in [1.807, 2.05) is 18.4 Å². The molecule has 0 aliphatic rings. The van der Waals surface area contributed by atoms with Crippen molar-refractivity contribution in [3.8, 4) is 5.75 Å². The van der Waals surface area contributed by atoms with Gasteiger partial charge in [-0.05, 0) is 38.1 Å². The van der Waals surface area contributed by atoms with Gasteiger partial charge in [0.2, 0.25) is 10.0 Å². The topological polar surface area (TPSA) is 111 Å². The zero-order chi connectivity index (χ0) is 19.6. The van der Waals surface area contributed by atoms with Crippen LogP contribution in [0.5, 0.6) is 5.75 Å². The molecule has 0 radical (unpaired) electrons. The zero-order valence-corrected chi connectivity index (χ0v) is 15.4. The summed E-state index contributed by atoms with van der Waals surface area (Å²) >= 11 is 0. The van der Waals surface area contributed by atoms with Crippen molar-refractivity contribution < 1.29 is 27.4 Å². The quantitative estimate of drug-likeness (QED) is 0.662. The molecule has 0 unspecified atom stereocenters. The fourth-order valence-corrected chi connectivity index (χ4v) is 2.81. The Kier molecular flexibility index (Phi) is 8.73. The van der Waals surface area contributed by atoms with Gasteiger partial charge < -0.3 is 14.4 Å². The standard InChI is InChI=1S/C15H20FN3O3S.CH2O2/c1-12-13(2)19(11-17-12)8-7-18-23(20,21)10-9-22-15-5-3-14(16)4-6-15;2-1-3/h3-6,11,18H,7-10H2,1-2H3;1H,(H,2,3). The molecule has 0 aliphatic carbocycles. The van der Waals surface area contributed by atoms with Crippen molar-refractivity contribution in [3.63, 3.8) is 0 Å². The molecule has 0 saturated heterocycles. The molecule has 0 aliphatic heterocycles. The summed E-state index contributed by atoms with van der Waals surface area (Å²) in [6, 6.07) is 5.44. The van der Waals surface area contributed by atoms with Crippen LogP contribution in [-0.2, 0) is 21.4 Å². The first kappa shape index (κ1) is 21.6. The van der Waals surface area contributed by atoms with Gasteiger partial charge in [-0.25, -0.2) is 22.5 Å². The second-order valence-electron chi connectivity index (χ2n) is 5.23. The van der Waals surface area contributed by atoms with Crippen LogP contribution < -0.4 is 9.46 Å². The molecule has 2 aromatic rings. The van der Waals surface area contributed by atoms with Gasteiger partial charge in [-0.3, -0.25) is 4.79 Å². The van der Waals surface area contributed by atoms with E-state index in [0.29, 0.717) is 12.3 Å². The molecule has 26 heavy (non-hydrogen) atoms. The molecule has 1 heterocycles. The highest BCUT2D eigenvalue weighted by molar-refractivity contribution is 7.89. The Hall–Kier alpha value is -2.46. The molecule has 0 saturated carbocycles. The summed E-state index contributed by atoms with van der Waals surface area (Å²) in [4.78, 5) is 12.5. The van der Waals surface area contributed by atoms with Crippen molar-refractivity contribution in [2.75, 3.05) is 18.9 Å². The molecule has 1 aromatic carbocycles. The summed E-state index contributed by atoms with van der Waals surface area (Å²) in [6.07, 6.45) is 1.69. The molecule has 144 valence electrons. The maximum atomic E-state index is 12.7. The molecule has 0 amide bonds. The lowest BCUT2D eigenvalue weighted by Gasteiger charge is -2.09. The minimum Gasteiger partial charge on any atom is -0.492 e. The van der Waals surface area contributed by atoms with Gasteiger partial charge in [-0.1, -0.05) is 0 Å². The van der Waals surface area contributed by atoms with Crippen molar-refractivity contribution in [2.24, 2.45) is 0 Å². The number of imidazole rings is 1. The summed E-state index contributed by atoms with van der Waals surface area (Å²) in [6.45, 7) is 4.40. The largest absolute Gasteiger partial charge is 0.492 e. The van der Waals surface area contributed by atoms with E-state index in [0.717, 1.165) is 11.4 Å². The first-order chi connectivity index (χ1) is 12.3. The van der Waals surface area contributed by atoms with Crippen molar-refractivity contribution in [1.29, 1.82) is 0 Å². The van der Waals surface area contributed by atoms with E-state index in [4.69, 9.17) is 14.6 Å². The monoisotopic (exact) mass is 387 g/mol. The highest BCUT2D eigenvalue weighted by Crippen LogP contribution is 2.10. The number of aryl methyl sites for hydroxylation is 1. The summed E-state index contributed by atoms with van der Waals surface area (Å²) in [5.74, 6) is -0.0884. The lowest BCUT2D eigenvalue weighted by Crippen LogP contribution is -2.31. The molecule has 0 atom stereocenters. The summed E-state index contributed by atoms with van der Waals surface area (Å²) in [5.41, 5.74) is 1.95. The lowest BCUT2D eigenvalue weighted by atomic mass is 10.3. The maximum Gasteiger partial charge on any atom is 0.290 e. The summed E-state index contributed by atoms with van der Waals surface area (Å²) in [5, 5.41) is 6.89. The van der Waals surface area contributed by atoms with Gasteiger partial charge in [-0.2, -0.15) is 0 Å². The van der Waals surface area contributed by atoms with E-state index >= 15 is 0 Å². The SMILES string of the molecule is Cc1ncn(CCNS(=O)(=O)CCOc2ccc(F)cc2)c1C.O=CO. The molecule has 0 fully saturated rings. The van der Waals surface area contributed by atoms with E-state index in [1.54, 1.807) is 6.33 Å². The predicted molar refractivity (Wildman–Crippen MR) is 94.1 cm³/mol. The first-order valence-electron chi connectivity index (χ1n) is 7.71. The van der Waals surface area contributed by atoms with E-state index in [2.05, 4.69) is 9.71 Å². The normalized spacial score (nSPS) is 10.7. The van der Waals surface area contributed by atoms with E-state index < -0.39 is 10.0 Å². The first-order valence-corrected chi connectivity index (χ1v) is 9.36. The van der Waals surface area contributed by atoms with Gasteiger partial charge in [0.05, 0.1) is 17.8 Å². The Morgan fingerprint density at radius 2 is 1.92 bits per heavy atom.